The van der Waals surface area contributed by atoms with E-state index in [0.717, 1.165) is 60.7 Å². The Labute approximate surface area is 229 Å². The van der Waals surface area contributed by atoms with Crippen LogP contribution in [-0.2, 0) is 11.8 Å². The minimum atomic E-state index is -3.29. The lowest BCUT2D eigenvalue weighted by molar-refractivity contribution is -0.265. The molecule has 0 spiro atoms. The van der Waals surface area contributed by atoms with Crippen molar-refractivity contribution in [2.75, 3.05) is 4.90 Å². The van der Waals surface area contributed by atoms with Crippen LogP contribution in [0.4, 0.5) is 11.5 Å². The van der Waals surface area contributed by atoms with Gasteiger partial charge in [0, 0.05) is 18.9 Å². The first-order valence-corrected chi connectivity index (χ1v) is 13.8. The highest BCUT2D eigenvalue weighted by molar-refractivity contribution is 6.11. The number of hydrogen-bond acceptors (Lipinski definition) is 7. The van der Waals surface area contributed by atoms with E-state index >= 15 is 0 Å². The zero-order valence-corrected chi connectivity index (χ0v) is 23.4. The van der Waals surface area contributed by atoms with Crippen LogP contribution in [0.25, 0.3) is 11.0 Å². The van der Waals surface area contributed by atoms with Crippen LogP contribution in [0, 0.1) is 25.7 Å². The summed E-state index contributed by atoms with van der Waals surface area (Å²) >= 11 is 0. The number of benzene rings is 1. The van der Waals surface area contributed by atoms with E-state index in [1.54, 1.807) is 16.7 Å². The molecular formula is C30H38N4O5. The number of amides is 1. The summed E-state index contributed by atoms with van der Waals surface area (Å²) in [6, 6.07) is 7.56. The van der Waals surface area contributed by atoms with Crippen molar-refractivity contribution in [3.8, 4) is 17.7 Å². The number of ether oxygens (including phenoxy) is 1. The third kappa shape index (κ3) is 6.59. The molecule has 3 N–H and O–H groups in total. The summed E-state index contributed by atoms with van der Waals surface area (Å²) < 4.78 is 7.97. The Kier molecular flexibility index (Phi) is 8.60. The predicted octanol–water partition coefficient (Wildman–Crippen LogP) is 4.50. The maximum Gasteiger partial charge on any atom is 0.346 e. The molecule has 2 fully saturated rings. The van der Waals surface area contributed by atoms with Crippen LogP contribution in [-0.4, -0.2) is 48.1 Å². The van der Waals surface area contributed by atoms with Crippen molar-refractivity contribution in [1.29, 1.82) is 0 Å². The van der Waals surface area contributed by atoms with Gasteiger partial charge in [0.2, 0.25) is 0 Å². The second-order valence-corrected chi connectivity index (χ2v) is 10.1. The molecule has 0 radical (unpaired) electrons. The number of carbonyl (C=O) groups excluding carboxylic acids is 1. The second-order valence-electron chi connectivity index (χ2n) is 10.1. The van der Waals surface area contributed by atoms with Crippen molar-refractivity contribution in [1.82, 2.24) is 14.8 Å². The van der Waals surface area contributed by atoms with Crippen molar-refractivity contribution in [3.05, 3.63) is 41.0 Å². The highest BCUT2D eigenvalue weighted by atomic mass is 16.7. The van der Waals surface area contributed by atoms with Crippen LogP contribution in [0.5, 0.6) is 5.88 Å². The molecule has 5 rings (SSSR count). The van der Waals surface area contributed by atoms with Crippen LogP contribution in [0.1, 0.15) is 81.4 Å². The van der Waals surface area contributed by atoms with Gasteiger partial charge in [-0.2, -0.15) is 0 Å². The number of aliphatic hydroxyl groups is 3. The van der Waals surface area contributed by atoms with E-state index in [0.29, 0.717) is 28.8 Å². The third-order valence-electron chi connectivity index (χ3n) is 7.15. The monoisotopic (exact) mass is 534 g/mol. The largest absolute Gasteiger partial charge is 0.472 e. The van der Waals surface area contributed by atoms with Crippen LogP contribution in [0.15, 0.2) is 24.3 Å². The maximum atomic E-state index is 13.5. The van der Waals surface area contributed by atoms with Gasteiger partial charge in [-0.25, -0.2) is 4.98 Å². The van der Waals surface area contributed by atoms with Gasteiger partial charge in [0.05, 0.1) is 11.2 Å². The molecule has 9 heteroatoms. The van der Waals surface area contributed by atoms with Crippen molar-refractivity contribution in [2.24, 2.45) is 7.05 Å². The average Bonchev–Trinajstić information content (AvgIpc) is 3.71. The quantitative estimate of drug-likeness (QED) is 0.326. The fraction of sp³-hybridized carbons (Fsp3) is 0.500. The molecule has 0 aliphatic heterocycles. The van der Waals surface area contributed by atoms with Crippen LogP contribution in [0.3, 0.4) is 0 Å². The van der Waals surface area contributed by atoms with Crippen molar-refractivity contribution in [2.45, 2.75) is 90.6 Å². The molecule has 1 amide bonds. The molecule has 3 aromatic rings. The van der Waals surface area contributed by atoms with Crippen LogP contribution < -0.4 is 9.64 Å². The average molecular weight is 535 g/mol. The van der Waals surface area contributed by atoms with Gasteiger partial charge in [0.15, 0.2) is 5.52 Å². The van der Waals surface area contributed by atoms with E-state index in [1.807, 2.05) is 46.9 Å². The molecule has 0 atom stereocenters. The van der Waals surface area contributed by atoms with Gasteiger partial charge in [-0.15, -0.1) is 5.10 Å². The third-order valence-corrected chi connectivity index (χ3v) is 7.15. The molecule has 0 bridgehead atoms. The van der Waals surface area contributed by atoms with Gasteiger partial charge in [-0.3, -0.25) is 14.4 Å². The van der Waals surface area contributed by atoms with E-state index in [9.17, 15) is 20.1 Å². The van der Waals surface area contributed by atoms with Gasteiger partial charge in [0.25, 0.3) is 5.88 Å². The molecule has 2 aliphatic carbocycles. The zero-order chi connectivity index (χ0) is 28.3. The summed E-state index contributed by atoms with van der Waals surface area (Å²) in [4.78, 5) is 19.6. The molecule has 0 unspecified atom stereocenters. The standard InChI is InChI=1S/C28H32N4O5.C2H6/c1-17-15-21(19-9-10-19)23(16-18(17)2)32(25(33)13-14-28(34,35)36)24-12-11-22-26(29-24)27(30-31(22)3)37-20-7-5-4-6-8-20;1-2/h11-12,15-16,19-20,34-36H,4-10H2,1-3H3;1-2H3. The zero-order valence-electron chi connectivity index (χ0n) is 23.4. The lowest BCUT2D eigenvalue weighted by Gasteiger charge is -2.24. The van der Waals surface area contributed by atoms with E-state index in [-0.39, 0.29) is 6.10 Å². The summed E-state index contributed by atoms with van der Waals surface area (Å²) in [5, 5.41) is 32.4. The number of fused-ring (bicyclic) bond motifs is 1. The van der Waals surface area contributed by atoms with E-state index in [4.69, 9.17) is 9.72 Å². The fourth-order valence-corrected chi connectivity index (χ4v) is 4.91. The molecule has 0 saturated heterocycles. The number of hydrogen-bond donors (Lipinski definition) is 3. The molecule has 2 aromatic heterocycles. The predicted molar refractivity (Wildman–Crippen MR) is 150 cm³/mol. The number of pyridine rings is 1. The Hall–Kier alpha value is -3.45. The van der Waals surface area contributed by atoms with Gasteiger partial charge in [-0.1, -0.05) is 26.3 Å². The topological polar surface area (TPSA) is 121 Å². The van der Waals surface area contributed by atoms with Crippen molar-refractivity contribution >= 4 is 28.4 Å². The number of anilines is 2. The lowest BCUT2D eigenvalue weighted by Crippen LogP contribution is -2.29. The van der Waals surface area contributed by atoms with Crippen LogP contribution >= 0.6 is 0 Å². The summed E-state index contributed by atoms with van der Waals surface area (Å²) in [5.74, 6) is 0.970. The highest BCUT2D eigenvalue weighted by Gasteiger charge is 2.32. The molecule has 208 valence electrons. The second kappa shape index (κ2) is 11.7. The molecule has 2 heterocycles. The maximum absolute atomic E-state index is 13.5. The fourth-order valence-electron chi connectivity index (χ4n) is 4.91. The summed E-state index contributed by atoms with van der Waals surface area (Å²) in [6.45, 7) is 8.00. The first kappa shape index (κ1) is 28.6. The van der Waals surface area contributed by atoms with E-state index < -0.39 is 11.9 Å². The SMILES string of the molecule is CC.Cc1cc(C2CC2)c(N(C(=O)C#CC(O)(O)O)c2ccc3c(n2)c(OC2CCCCC2)nn3C)cc1C. The number of aryl methyl sites for hydroxylation is 3. The Morgan fingerprint density at radius 2 is 1.72 bits per heavy atom. The molecule has 2 aliphatic rings. The molecule has 39 heavy (non-hydrogen) atoms. The van der Waals surface area contributed by atoms with Crippen molar-refractivity contribution < 1.29 is 24.9 Å². The molecule has 2 saturated carbocycles. The molecular weight excluding hydrogens is 496 g/mol. The Morgan fingerprint density at radius 3 is 2.36 bits per heavy atom. The van der Waals surface area contributed by atoms with E-state index in [2.05, 4.69) is 17.1 Å². The number of carbonyl (C=O) groups is 1. The van der Waals surface area contributed by atoms with Gasteiger partial charge in [-0.05, 0) is 93.2 Å². The Balaban J connectivity index is 0.00000172. The Morgan fingerprint density at radius 1 is 1.05 bits per heavy atom. The molecule has 9 nitrogen and oxygen atoms in total. The first-order chi connectivity index (χ1) is 18.6. The number of aromatic nitrogens is 3. The van der Waals surface area contributed by atoms with Gasteiger partial charge < -0.3 is 20.1 Å². The Bertz CT molecular complexity index is 1400. The summed E-state index contributed by atoms with van der Waals surface area (Å²) in [6.07, 6.45) is 7.50. The first-order valence-electron chi connectivity index (χ1n) is 13.8. The van der Waals surface area contributed by atoms with Gasteiger partial charge >= 0.3 is 11.9 Å². The smallest absolute Gasteiger partial charge is 0.346 e. The summed E-state index contributed by atoms with van der Waals surface area (Å²) in [5.41, 5.74) is 5.05. The van der Waals surface area contributed by atoms with Crippen LogP contribution in [0.2, 0.25) is 0 Å². The van der Waals surface area contributed by atoms with E-state index in [1.165, 1.54) is 11.3 Å². The minimum Gasteiger partial charge on any atom is -0.472 e. The number of rotatable bonds is 5. The normalized spacial score (nSPS) is 15.7. The van der Waals surface area contributed by atoms with Crippen molar-refractivity contribution in [3.63, 3.8) is 0 Å². The van der Waals surface area contributed by atoms with Gasteiger partial charge in [0.1, 0.15) is 11.9 Å². The molecule has 1 aromatic carbocycles. The highest BCUT2D eigenvalue weighted by Crippen LogP contribution is 2.46. The summed E-state index contributed by atoms with van der Waals surface area (Å²) in [7, 11) is 1.82. The lowest BCUT2D eigenvalue weighted by atomic mass is 9.98. The number of nitrogens with zero attached hydrogens (tertiary/aromatic N) is 4. The minimum absolute atomic E-state index is 0.0777.